The van der Waals surface area contributed by atoms with E-state index in [1.807, 2.05) is 24.3 Å². The summed E-state index contributed by atoms with van der Waals surface area (Å²) in [7, 11) is 0. The first-order valence-electron chi connectivity index (χ1n) is 12.1. The Morgan fingerprint density at radius 2 is 1.79 bits per heavy atom. The molecule has 6 nitrogen and oxygen atoms in total. The van der Waals surface area contributed by atoms with Crippen LogP contribution < -0.4 is 9.47 Å². The first-order valence-corrected chi connectivity index (χ1v) is 12.5. The molecule has 1 atom stereocenters. The van der Waals surface area contributed by atoms with Crippen LogP contribution in [0, 0.1) is 0 Å². The van der Waals surface area contributed by atoms with Crippen LogP contribution >= 0.6 is 11.6 Å². The first kappa shape index (κ1) is 26.8. The minimum Gasteiger partial charge on any atom is -0.492 e. The molecule has 0 bridgehead atoms. The van der Waals surface area contributed by atoms with Crippen LogP contribution in [0.5, 0.6) is 11.5 Å². The maximum absolute atomic E-state index is 11.1. The Hall–Kier alpha value is -1.83. The van der Waals surface area contributed by atoms with E-state index in [2.05, 4.69) is 49.6 Å². The average molecular weight is 491 g/mol. The van der Waals surface area contributed by atoms with Gasteiger partial charge in [0, 0.05) is 43.3 Å². The summed E-state index contributed by atoms with van der Waals surface area (Å²) < 4.78 is 17.5. The molecule has 188 valence electrons. The number of benzene rings is 2. The molecular weight excluding hydrogens is 452 g/mol. The van der Waals surface area contributed by atoms with E-state index in [4.69, 9.17) is 25.8 Å². The van der Waals surface area contributed by atoms with E-state index in [-0.39, 0.29) is 13.2 Å². The Labute approximate surface area is 209 Å². The smallest absolute Gasteiger partial charge is 0.134 e. The maximum Gasteiger partial charge on any atom is 0.134 e. The number of hydrogen-bond acceptors (Lipinski definition) is 6. The van der Waals surface area contributed by atoms with Crippen LogP contribution in [-0.4, -0.2) is 78.7 Å². The molecule has 3 rings (SSSR count). The molecule has 1 saturated heterocycles. The van der Waals surface area contributed by atoms with Crippen molar-refractivity contribution in [1.82, 2.24) is 9.80 Å². The monoisotopic (exact) mass is 490 g/mol. The van der Waals surface area contributed by atoms with Crippen molar-refractivity contribution in [3.63, 3.8) is 0 Å². The van der Waals surface area contributed by atoms with Gasteiger partial charge in [0.15, 0.2) is 0 Å². The van der Waals surface area contributed by atoms with Crippen molar-refractivity contribution in [3.8, 4) is 11.5 Å². The average Bonchev–Trinajstić information content (AvgIpc) is 2.97. The summed E-state index contributed by atoms with van der Waals surface area (Å²) in [6, 6.07) is 16.4. The van der Waals surface area contributed by atoms with Crippen LogP contribution in [0.15, 0.2) is 48.5 Å². The summed E-state index contributed by atoms with van der Waals surface area (Å²) in [6.45, 7) is 13.3. The number of rotatable bonds is 11. The highest BCUT2D eigenvalue weighted by molar-refractivity contribution is 6.30. The fraction of sp³-hybridized carbons (Fsp3) is 0.556. The molecule has 0 unspecified atom stereocenters. The van der Waals surface area contributed by atoms with E-state index in [9.17, 15) is 5.11 Å². The van der Waals surface area contributed by atoms with Crippen molar-refractivity contribution in [1.29, 1.82) is 0 Å². The van der Waals surface area contributed by atoms with Crippen molar-refractivity contribution in [3.05, 3.63) is 59.1 Å². The fourth-order valence-corrected chi connectivity index (χ4v) is 4.50. The summed E-state index contributed by atoms with van der Waals surface area (Å²) in [6.07, 6.45) is 0. The van der Waals surface area contributed by atoms with Gasteiger partial charge in [-0.3, -0.25) is 9.80 Å². The molecule has 1 fully saturated rings. The second-order valence-corrected chi connectivity index (χ2v) is 10.1. The lowest BCUT2D eigenvalue weighted by Crippen LogP contribution is -2.48. The third kappa shape index (κ3) is 8.43. The zero-order chi connectivity index (χ0) is 24.6. The Balaban J connectivity index is 1.50. The second kappa shape index (κ2) is 12.8. The molecule has 2 aromatic rings. The quantitative estimate of drug-likeness (QED) is 0.501. The number of β-amino-alcohol motifs (C(OH)–C–C–N with tert-alkyl or cyclic N) is 1. The predicted molar refractivity (Wildman–Crippen MR) is 137 cm³/mol. The second-order valence-electron chi connectivity index (χ2n) is 9.65. The molecule has 0 saturated carbocycles. The third-order valence-corrected chi connectivity index (χ3v) is 6.25. The van der Waals surface area contributed by atoms with Gasteiger partial charge in [-0.15, -0.1) is 0 Å². The van der Waals surface area contributed by atoms with Gasteiger partial charge in [0.2, 0.25) is 0 Å². The van der Waals surface area contributed by atoms with Gasteiger partial charge in [-0.05, 0) is 63.6 Å². The molecule has 2 aromatic carbocycles. The number of ether oxygens (including phenoxy) is 3. The molecule has 0 radical (unpaired) electrons. The molecule has 1 aliphatic rings. The van der Waals surface area contributed by atoms with Gasteiger partial charge in [-0.1, -0.05) is 29.8 Å². The minimum atomic E-state index is -1.10. The summed E-state index contributed by atoms with van der Waals surface area (Å²) in [5.41, 5.74) is 0.0685. The van der Waals surface area contributed by atoms with E-state index in [0.717, 1.165) is 25.4 Å². The zero-order valence-corrected chi connectivity index (χ0v) is 21.6. The molecule has 0 aromatic heterocycles. The highest BCUT2D eigenvalue weighted by Gasteiger charge is 2.33. The van der Waals surface area contributed by atoms with E-state index in [1.54, 1.807) is 12.1 Å². The molecule has 0 spiro atoms. The van der Waals surface area contributed by atoms with Crippen molar-refractivity contribution in [2.24, 2.45) is 0 Å². The highest BCUT2D eigenvalue weighted by Crippen LogP contribution is 2.21. The van der Waals surface area contributed by atoms with E-state index in [1.165, 1.54) is 5.56 Å². The Kier molecular flexibility index (Phi) is 10.0. The molecule has 1 N–H and O–H groups in total. The van der Waals surface area contributed by atoms with Gasteiger partial charge < -0.3 is 19.3 Å². The van der Waals surface area contributed by atoms with Crippen LogP contribution in [0.2, 0.25) is 5.02 Å². The lowest BCUT2D eigenvalue weighted by molar-refractivity contribution is -0.0646. The van der Waals surface area contributed by atoms with Crippen LogP contribution in [-0.2, 0) is 11.3 Å². The highest BCUT2D eigenvalue weighted by atomic mass is 35.5. The first-order chi connectivity index (χ1) is 16.2. The van der Waals surface area contributed by atoms with Crippen LogP contribution in [0.3, 0.4) is 0 Å². The third-order valence-electron chi connectivity index (χ3n) is 6.02. The van der Waals surface area contributed by atoms with Gasteiger partial charge in [-0.25, -0.2) is 0 Å². The molecule has 7 heteroatoms. The molecule has 1 aliphatic heterocycles. The summed E-state index contributed by atoms with van der Waals surface area (Å²) in [5.74, 6) is 1.51. The Bertz CT molecular complexity index is 869. The van der Waals surface area contributed by atoms with Gasteiger partial charge in [0.05, 0.1) is 13.2 Å². The van der Waals surface area contributed by atoms with Crippen molar-refractivity contribution >= 4 is 11.6 Å². The number of aliphatic hydroxyl groups is 1. The van der Waals surface area contributed by atoms with Gasteiger partial charge in [-0.2, -0.15) is 0 Å². The maximum atomic E-state index is 11.1. The molecule has 1 heterocycles. The van der Waals surface area contributed by atoms with Gasteiger partial charge in [0.25, 0.3) is 0 Å². The lowest BCUT2D eigenvalue weighted by atomic mass is 10.1. The van der Waals surface area contributed by atoms with Crippen molar-refractivity contribution in [2.75, 3.05) is 46.1 Å². The Morgan fingerprint density at radius 1 is 1.06 bits per heavy atom. The van der Waals surface area contributed by atoms with Gasteiger partial charge >= 0.3 is 0 Å². The topological polar surface area (TPSA) is 54.4 Å². The van der Waals surface area contributed by atoms with Gasteiger partial charge in [0.1, 0.15) is 30.3 Å². The largest absolute Gasteiger partial charge is 0.492 e. The van der Waals surface area contributed by atoms with E-state index >= 15 is 0 Å². The summed E-state index contributed by atoms with van der Waals surface area (Å²) in [5, 5.41) is 11.8. The Morgan fingerprint density at radius 3 is 2.47 bits per heavy atom. The number of hydrogen-bond donors (Lipinski definition) is 1. The lowest BCUT2D eigenvalue weighted by Gasteiger charge is -2.30. The van der Waals surface area contributed by atoms with Crippen LogP contribution in [0.1, 0.15) is 33.3 Å². The minimum absolute atomic E-state index is 0.139. The number of halogens is 1. The SMILES string of the molecule is CC(C)N(CCOc1ccc(CN2CCOC[C@@](O)(COc3cccc(Cl)c3)C2)cc1)C(C)C. The summed E-state index contributed by atoms with van der Waals surface area (Å²) >= 11 is 6.03. The molecular formula is C27H39ClN2O4. The normalized spacial score (nSPS) is 19.6. The number of nitrogens with zero attached hydrogens (tertiary/aromatic N) is 2. The van der Waals surface area contributed by atoms with E-state index in [0.29, 0.717) is 42.6 Å². The van der Waals surface area contributed by atoms with Crippen molar-refractivity contribution in [2.45, 2.75) is 51.9 Å². The molecule has 0 amide bonds. The fourth-order valence-electron chi connectivity index (χ4n) is 4.32. The predicted octanol–water partition coefficient (Wildman–Crippen LogP) is 4.48. The molecule has 34 heavy (non-hydrogen) atoms. The van der Waals surface area contributed by atoms with Crippen molar-refractivity contribution < 1.29 is 19.3 Å². The summed E-state index contributed by atoms with van der Waals surface area (Å²) in [4.78, 5) is 4.63. The zero-order valence-electron chi connectivity index (χ0n) is 20.9. The van der Waals surface area contributed by atoms with Crippen LogP contribution in [0.25, 0.3) is 0 Å². The molecule has 0 aliphatic carbocycles. The van der Waals surface area contributed by atoms with E-state index < -0.39 is 5.60 Å². The van der Waals surface area contributed by atoms with Crippen LogP contribution in [0.4, 0.5) is 0 Å². The standard InChI is InChI=1S/C27H39ClN2O4/c1-21(2)30(22(3)4)13-15-33-25-10-8-23(9-11-25)17-29-12-14-32-19-27(31,18-29)20-34-26-7-5-6-24(28)16-26/h5-11,16,21-22,31H,12-15,17-20H2,1-4H3/t27-/m1/s1.